The molecule has 6 nitrogen and oxygen atoms in total. The molecule has 9 heteroatoms. The first-order valence-electron chi connectivity index (χ1n) is 7.26. The molecule has 2 aromatic rings. The van der Waals surface area contributed by atoms with Crippen LogP contribution in [0.25, 0.3) is 0 Å². The van der Waals surface area contributed by atoms with Crippen LogP contribution in [0.3, 0.4) is 0 Å². The lowest BCUT2D eigenvalue weighted by atomic mass is 10.2. The van der Waals surface area contributed by atoms with E-state index in [0.717, 1.165) is 10.5 Å². The zero-order valence-electron chi connectivity index (χ0n) is 13.2. The van der Waals surface area contributed by atoms with Crippen molar-refractivity contribution in [3.05, 3.63) is 67.1 Å². The van der Waals surface area contributed by atoms with Crippen LogP contribution < -0.4 is 10.2 Å². The number of benzene rings is 2. The third kappa shape index (κ3) is 5.31. The summed E-state index contributed by atoms with van der Waals surface area (Å²) in [6.07, 6.45) is 0. The van der Waals surface area contributed by atoms with Crippen LogP contribution in [0.5, 0.6) is 0 Å². The fraction of sp³-hybridized carbons (Fsp3) is 0.188. The lowest BCUT2D eigenvalue weighted by molar-refractivity contribution is -0.885. The average Bonchev–Trinajstić information content (AvgIpc) is 2.51. The van der Waals surface area contributed by atoms with Crippen molar-refractivity contribution in [1.29, 1.82) is 0 Å². The van der Waals surface area contributed by atoms with Gasteiger partial charge in [0.2, 0.25) is 0 Å². The SMILES string of the molecule is C[NH+](CC(=O)Nc1cc(Cl)ccc1[N+](=O)[O-])Cc1cccc(Cl)c1Cl. The Balaban J connectivity index is 2.04. The number of amides is 1. The summed E-state index contributed by atoms with van der Waals surface area (Å²) >= 11 is 18.0. The summed E-state index contributed by atoms with van der Waals surface area (Å²) in [5.41, 5.74) is 0.664. The van der Waals surface area contributed by atoms with Crippen LogP contribution >= 0.6 is 34.8 Å². The molecule has 1 atom stereocenters. The molecule has 1 unspecified atom stereocenters. The lowest BCUT2D eigenvalue weighted by Crippen LogP contribution is -3.08. The van der Waals surface area contributed by atoms with Gasteiger partial charge in [-0.1, -0.05) is 46.9 Å². The van der Waals surface area contributed by atoms with Crippen molar-refractivity contribution < 1.29 is 14.6 Å². The Morgan fingerprint density at radius 2 is 1.96 bits per heavy atom. The summed E-state index contributed by atoms with van der Waals surface area (Å²) in [7, 11) is 1.81. The molecule has 2 rings (SSSR count). The summed E-state index contributed by atoms with van der Waals surface area (Å²) in [5, 5.41) is 14.8. The minimum Gasteiger partial charge on any atom is -0.326 e. The fourth-order valence-electron chi connectivity index (χ4n) is 2.31. The minimum atomic E-state index is -0.575. The summed E-state index contributed by atoms with van der Waals surface area (Å²) < 4.78 is 0. The number of nitro groups is 1. The second kappa shape index (κ2) is 8.49. The van der Waals surface area contributed by atoms with E-state index in [-0.39, 0.29) is 23.8 Å². The number of carbonyl (C=O) groups excluding carboxylic acids is 1. The number of hydrogen-bond acceptors (Lipinski definition) is 3. The summed E-state index contributed by atoms with van der Waals surface area (Å²) in [4.78, 5) is 23.5. The van der Waals surface area contributed by atoms with Gasteiger partial charge in [0.15, 0.2) is 6.54 Å². The molecule has 0 spiro atoms. The first kappa shape index (κ1) is 19.5. The second-order valence-corrected chi connectivity index (χ2v) is 6.71. The predicted molar refractivity (Wildman–Crippen MR) is 98.7 cm³/mol. The van der Waals surface area contributed by atoms with E-state index in [0.29, 0.717) is 21.6 Å². The number of rotatable bonds is 6. The molecule has 25 heavy (non-hydrogen) atoms. The van der Waals surface area contributed by atoms with E-state index in [1.54, 1.807) is 12.1 Å². The number of quaternary nitrogens is 1. The zero-order chi connectivity index (χ0) is 18.6. The number of carbonyl (C=O) groups is 1. The predicted octanol–water partition coefficient (Wildman–Crippen LogP) is 3.21. The van der Waals surface area contributed by atoms with Gasteiger partial charge in [0.25, 0.3) is 11.6 Å². The topological polar surface area (TPSA) is 76.7 Å². The van der Waals surface area contributed by atoms with E-state index in [1.165, 1.54) is 18.2 Å². The molecule has 0 heterocycles. The Bertz CT molecular complexity index is 814. The van der Waals surface area contributed by atoms with Gasteiger partial charge >= 0.3 is 0 Å². The Morgan fingerprint density at radius 1 is 1.24 bits per heavy atom. The average molecular weight is 404 g/mol. The van der Waals surface area contributed by atoms with E-state index >= 15 is 0 Å². The third-order valence-corrected chi connectivity index (χ3v) is 4.51. The maximum Gasteiger partial charge on any atom is 0.292 e. The zero-order valence-corrected chi connectivity index (χ0v) is 15.5. The van der Waals surface area contributed by atoms with Crippen molar-refractivity contribution in [2.24, 2.45) is 0 Å². The van der Waals surface area contributed by atoms with E-state index in [4.69, 9.17) is 34.8 Å². The van der Waals surface area contributed by atoms with Crippen molar-refractivity contribution in [3.63, 3.8) is 0 Å². The standard InChI is InChI=1S/C16H14Cl3N3O3/c1-21(8-10-3-2-4-12(18)16(10)19)9-15(23)20-13-7-11(17)5-6-14(13)22(24)25/h2-7H,8-9H2,1H3,(H,20,23)/p+1. The minimum absolute atomic E-state index is 0.0658. The molecule has 0 saturated heterocycles. The first-order valence-corrected chi connectivity index (χ1v) is 8.39. The maximum atomic E-state index is 12.2. The van der Waals surface area contributed by atoms with Crippen molar-refractivity contribution in [1.82, 2.24) is 0 Å². The summed E-state index contributed by atoms with van der Waals surface area (Å²) in [6.45, 7) is 0.566. The van der Waals surface area contributed by atoms with Crippen LogP contribution in [-0.2, 0) is 11.3 Å². The van der Waals surface area contributed by atoms with Crippen LogP contribution in [0.2, 0.25) is 15.1 Å². The van der Waals surface area contributed by atoms with Gasteiger partial charge in [-0.15, -0.1) is 0 Å². The van der Waals surface area contributed by atoms with Crippen molar-refractivity contribution in [2.75, 3.05) is 18.9 Å². The molecule has 0 aliphatic rings. The van der Waals surface area contributed by atoms with Gasteiger partial charge in [-0.05, 0) is 18.2 Å². The van der Waals surface area contributed by atoms with Crippen LogP contribution in [0.15, 0.2) is 36.4 Å². The van der Waals surface area contributed by atoms with E-state index in [2.05, 4.69) is 5.32 Å². The van der Waals surface area contributed by atoms with E-state index in [9.17, 15) is 14.9 Å². The molecule has 2 aromatic carbocycles. The number of hydrogen-bond donors (Lipinski definition) is 2. The summed E-state index contributed by atoms with van der Waals surface area (Å²) in [6, 6.07) is 9.30. The highest BCUT2D eigenvalue weighted by molar-refractivity contribution is 6.42. The molecule has 0 saturated carbocycles. The van der Waals surface area contributed by atoms with Gasteiger partial charge in [-0.25, -0.2) is 0 Å². The highest BCUT2D eigenvalue weighted by Crippen LogP contribution is 2.27. The van der Waals surface area contributed by atoms with Crippen LogP contribution in [0.4, 0.5) is 11.4 Å². The van der Waals surface area contributed by atoms with Crippen LogP contribution in [0.1, 0.15) is 5.56 Å². The quantitative estimate of drug-likeness (QED) is 0.574. The largest absolute Gasteiger partial charge is 0.326 e. The van der Waals surface area contributed by atoms with Crippen molar-refractivity contribution in [3.8, 4) is 0 Å². The highest BCUT2D eigenvalue weighted by Gasteiger charge is 2.19. The molecule has 0 fully saturated rings. The van der Waals surface area contributed by atoms with Crippen molar-refractivity contribution in [2.45, 2.75) is 6.54 Å². The highest BCUT2D eigenvalue weighted by atomic mass is 35.5. The van der Waals surface area contributed by atoms with Crippen LogP contribution in [-0.4, -0.2) is 24.4 Å². The molecule has 2 N–H and O–H groups in total. The molecule has 0 aliphatic carbocycles. The Hall–Kier alpha value is -1.86. The van der Waals surface area contributed by atoms with Gasteiger partial charge in [0.05, 0.1) is 22.0 Å². The number of anilines is 1. The molecular weight excluding hydrogens is 389 g/mol. The van der Waals surface area contributed by atoms with Gasteiger partial charge in [0.1, 0.15) is 12.2 Å². The lowest BCUT2D eigenvalue weighted by Gasteiger charge is -2.15. The molecule has 0 aromatic heterocycles. The number of nitrogens with zero attached hydrogens (tertiary/aromatic N) is 1. The molecule has 0 aliphatic heterocycles. The van der Waals surface area contributed by atoms with Gasteiger partial charge in [-0.2, -0.15) is 0 Å². The maximum absolute atomic E-state index is 12.2. The number of nitrogens with one attached hydrogen (secondary N) is 2. The first-order chi connectivity index (χ1) is 11.8. The number of nitro benzene ring substituents is 1. The second-order valence-electron chi connectivity index (χ2n) is 5.49. The monoisotopic (exact) mass is 402 g/mol. The Kier molecular flexibility index (Phi) is 6.61. The smallest absolute Gasteiger partial charge is 0.292 e. The number of halogens is 3. The number of likely N-dealkylation sites (N-methyl/N-ethyl adjacent to an activating group) is 1. The summed E-state index contributed by atoms with van der Waals surface area (Å²) in [5.74, 6) is -0.374. The normalized spacial score (nSPS) is 11.8. The van der Waals surface area contributed by atoms with E-state index in [1.807, 2.05) is 13.1 Å². The van der Waals surface area contributed by atoms with Gasteiger partial charge in [0, 0.05) is 16.7 Å². The third-order valence-electron chi connectivity index (χ3n) is 3.42. The molecule has 0 bridgehead atoms. The molecule has 132 valence electrons. The fourth-order valence-corrected chi connectivity index (χ4v) is 2.87. The van der Waals surface area contributed by atoms with Gasteiger partial charge in [-0.3, -0.25) is 14.9 Å². The van der Waals surface area contributed by atoms with E-state index < -0.39 is 4.92 Å². The van der Waals surface area contributed by atoms with Crippen LogP contribution in [0, 0.1) is 10.1 Å². The Labute approximate surface area is 159 Å². The molecule has 0 radical (unpaired) electrons. The molecular formula is C16H15Cl3N3O3+. The van der Waals surface area contributed by atoms with Gasteiger partial charge < -0.3 is 10.2 Å². The van der Waals surface area contributed by atoms with Crippen molar-refractivity contribution >= 4 is 52.1 Å². The Morgan fingerprint density at radius 3 is 2.64 bits per heavy atom. The molecule has 1 amide bonds.